The molecule has 2 saturated heterocycles. The lowest BCUT2D eigenvalue weighted by molar-refractivity contribution is -0.445. The number of ketones is 1. The molecular formula is C26H36O7. The van der Waals surface area contributed by atoms with Crippen molar-refractivity contribution in [1.29, 1.82) is 0 Å². The van der Waals surface area contributed by atoms with Crippen molar-refractivity contribution in [3.05, 3.63) is 23.5 Å². The number of aliphatic hydroxyl groups excluding tert-OH is 1. The number of allylic oxidation sites excluding steroid dienone is 1. The van der Waals surface area contributed by atoms with Crippen molar-refractivity contribution in [3.63, 3.8) is 0 Å². The van der Waals surface area contributed by atoms with E-state index in [1.165, 1.54) is 5.57 Å². The van der Waals surface area contributed by atoms with Crippen LogP contribution in [0.5, 0.6) is 0 Å². The Bertz CT molecular complexity index is 954. The van der Waals surface area contributed by atoms with Gasteiger partial charge in [0.15, 0.2) is 12.1 Å². The van der Waals surface area contributed by atoms with E-state index in [1.807, 2.05) is 6.92 Å². The number of ether oxygens (including phenoxy) is 4. The minimum Gasteiger partial charge on any atom is -0.469 e. The Morgan fingerprint density at radius 1 is 1.24 bits per heavy atom. The first-order valence-corrected chi connectivity index (χ1v) is 12.4. The van der Waals surface area contributed by atoms with Gasteiger partial charge >= 0.3 is 0 Å². The van der Waals surface area contributed by atoms with Crippen molar-refractivity contribution in [2.24, 2.45) is 34.0 Å². The molecule has 0 radical (unpaired) electrons. The highest BCUT2D eigenvalue weighted by atomic mass is 16.7. The quantitative estimate of drug-likeness (QED) is 0.626. The fourth-order valence-electron chi connectivity index (χ4n) is 9.28. The van der Waals surface area contributed by atoms with E-state index in [0.29, 0.717) is 12.2 Å². The Morgan fingerprint density at radius 3 is 2.70 bits per heavy atom. The van der Waals surface area contributed by atoms with Gasteiger partial charge in [0.05, 0.1) is 18.1 Å². The number of hydrogen-bond acceptors (Lipinski definition) is 7. The zero-order valence-corrected chi connectivity index (χ0v) is 20.1. The van der Waals surface area contributed by atoms with Crippen LogP contribution in [-0.2, 0) is 23.7 Å². The summed E-state index contributed by atoms with van der Waals surface area (Å²) in [4.78, 5) is 14.0. The van der Waals surface area contributed by atoms with Gasteiger partial charge in [-0.05, 0) is 55.1 Å². The molecule has 2 spiro atoms. The molecule has 0 aromatic rings. The number of aliphatic hydroxyl groups is 2. The molecule has 5 fully saturated rings. The van der Waals surface area contributed by atoms with Gasteiger partial charge in [0.1, 0.15) is 17.3 Å². The molecule has 0 aromatic heterocycles. The predicted octanol–water partition coefficient (Wildman–Crippen LogP) is 2.71. The van der Waals surface area contributed by atoms with Crippen LogP contribution >= 0.6 is 0 Å². The lowest BCUT2D eigenvalue weighted by atomic mass is 9.36. The molecule has 33 heavy (non-hydrogen) atoms. The van der Waals surface area contributed by atoms with Crippen molar-refractivity contribution >= 4 is 5.78 Å². The first kappa shape index (κ1) is 22.2. The fourth-order valence-corrected chi connectivity index (χ4v) is 9.28. The molecule has 1 unspecified atom stereocenters. The molecule has 3 heterocycles. The number of rotatable bonds is 3. The summed E-state index contributed by atoms with van der Waals surface area (Å²) in [5.41, 5.74) is -0.736. The van der Waals surface area contributed by atoms with Crippen LogP contribution in [0.4, 0.5) is 0 Å². The maximum atomic E-state index is 14.0. The summed E-state index contributed by atoms with van der Waals surface area (Å²) in [7, 11) is 1.58. The second-order valence-electron chi connectivity index (χ2n) is 11.7. The highest BCUT2D eigenvalue weighted by Crippen LogP contribution is 2.78. The predicted molar refractivity (Wildman–Crippen MR) is 118 cm³/mol. The highest BCUT2D eigenvalue weighted by molar-refractivity contribution is 6.05. The van der Waals surface area contributed by atoms with Crippen molar-refractivity contribution < 1.29 is 34.0 Å². The van der Waals surface area contributed by atoms with E-state index in [9.17, 15) is 15.0 Å². The molecule has 0 aromatic carbocycles. The van der Waals surface area contributed by atoms with Crippen LogP contribution in [0.25, 0.3) is 0 Å². The van der Waals surface area contributed by atoms with Crippen LogP contribution in [0, 0.1) is 34.0 Å². The number of Topliss-reactive ketones (excluding diaryl/α,β-unsaturated/α-hetero) is 1. The van der Waals surface area contributed by atoms with Gasteiger partial charge in [-0.1, -0.05) is 20.4 Å². The zero-order chi connectivity index (χ0) is 23.6. The Kier molecular flexibility index (Phi) is 4.51. The molecule has 7 nitrogen and oxygen atoms in total. The highest BCUT2D eigenvalue weighted by Gasteiger charge is 2.87. The van der Waals surface area contributed by atoms with E-state index in [2.05, 4.69) is 20.4 Å². The van der Waals surface area contributed by atoms with E-state index in [0.717, 1.165) is 37.9 Å². The molecule has 3 saturated carbocycles. The van der Waals surface area contributed by atoms with Gasteiger partial charge in [0, 0.05) is 32.0 Å². The monoisotopic (exact) mass is 460 g/mol. The molecule has 4 aliphatic carbocycles. The van der Waals surface area contributed by atoms with E-state index in [1.54, 1.807) is 7.11 Å². The van der Waals surface area contributed by atoms with Gasteiger partial charge in [0.25, 0.3) is 0 Å². The third-order valence-corrected chi connectivity index (χ3v) is 10.1. The van der Waals surface area contributed by atoms with Gasteiger partial charge in [0.2, 0.25) is 5.79 Å². The number of methoxy groups -OCH3 is 1. The lowest BCUT2D eigenvalue weighted by Gasteiger charge is -2.74. The molecule has 7 rings (SSSR count). The second kappa shape index (κ2) is 6.70. The van der Waals surface area contributed by atoms with Gasteiger partial charge in [-0.15, -0.1) is 0 Å². The Hall–Kier alpha value is -1.25. The van der Waals surface area contributed by atoms with Crippen molar-refractivity contribution in [1.82, 2.24) is 0 Å². The Morgan fingerprint density at radius 2 is 2.00 bits per heavy atom. The summed E-state index contributed by atoms with van der Waals surface area (Å²) in [5.74, 6) is -2.20. The van der Waals surface area contributed by atoms with Crippen LogP contribution in [0.3, 0.4) is 0 Å². The first-order valence-electron chi connectivity index (χ1n) is 12.4. The topological polar surface area (TPSA) is 94.5 Å². The van der Waals surface area contributed by atoms with Gasteiger partial charge < -0.3 is 29.2 Å². The first-order chi connectivity index (χ1) is 15.6. The smallest absolute Gasteiger partial charge is 0.208 e. The standard InChI is InChI=1S/C26H36O7/c1-6-31-17-10-7-14-11-23(3,4)18-20(28)26(29)25-16(24(18,12-32-26)21(14)33-17)9-8-15(22(25)30-5)13(2)19(25)27/h15-18,20,22,28-29H,2,6-12H2,1,3-5H3/t15-,16-,17+,18+,20-,22?,24-,25-,26+/m0/s1. The summed E-state index contributed by atoms with van der Waals surface area (Å²) in [6.07, 6.45) is 1.69. The third-order valence-electron chi connectivity index (χ3n) is 10.1. The fraction of sp³-hybridized carbons (Fsp3) is 0.808. The third kappa shape index (κ3) is 2.23. The average Bonchev–Trinajstić information content (AvgIpc) is 2.91. The SMILES string of the molecule is C=C1C(=O)[C@]23C(OC)[C@H]1CC[C@H]2[C@@]12CO[C@]3(O)[C@@H](O)[C@@H]1C(C)(C)CC1=C2O[C@@H](OCC)CC1. The zero-order valence-electron chi connectivity index (χ0n) is 20.1. The molecule has 2 N–H and O–H groups in total. The van der Waals surface area contributed by atoms with E-state index >= 15 is 0 Å². The normalized spacial score (nSPS) is 51.7. The maximum Gasteiger partial charge on any atom is 0.208 e. The van der Waals surface area contributed by atoms with E-state index < -0.39 is 28.8 Å². The van der Waals surface area contributed by atoms with Crippen LogP contribution in [-0.4, -0.2) is 60.6 Å². The molecular weight excluding hydrogens is 424 g/mol. The second-order valence-corrected chi connectivity index (χ2v) is 11.7. The lowest BCUT2D eigenvalue weighted by Crippen LogP contribution is -2.84. The molecule has 4 bridgehead atoms. The van der Waals surface area contributed by atoms with Crippen LogP contribution in [0.1, 0.15) is 52.9 Å². The van der Waals surface area contributed by atoms with Crippen molar-refractivity contribution in [3.8, 4) is 0 Å². The van der Waals surface area contributed by atoms with E-state index in [4.69, 9.17) is 18.9 Å². The number of carbonyl (C=O) groups excluding carboxylic acids is 1. The minimum absolute atomic E-state index is 0.179. The minimum atomic E-state index is -2.02. The molecule has 9 atom stereocenters. The Labute approximate surface area is 195 Å². The summed E-state index contributed by atoms with van der Waals surface area (Å²) in [5, 5.41) is 24.0. The molecule has 0 amide bonds. The van der Waals surface area contributed by atoms with Crippen molar-refractivity contribution in [2.45, 2.75) is 77.2 Å². The Balaban J connectivity index is 1.62. The van der Waals surface area contributed by atoms with Crippen molar-refractivity contribution in [2.75, 3.05) is 20.3 Å². The molecule has 182 valence electrons. The maximum absolute atomic E-state index is 14.0. The van der Waals surface area contributed by atoms with Crippen LogP contribution in [0.2, 0.25) is 0 Å². The molecule has 7 aliphatic rings. The number of hydrogen-bond donors (Lipinski definition) is 2. The van der Waals surface area contributed by atoms with Gasteiger partial charge in [-0.25, -0.2) is 0 Å². The largest absolute Gasteiger partial charge is 0.469 e. The summed E-state index contributed by atoms with van der Waals surface area (Å²) >= 11 is 0. The molecule has 3 aliphatic heterocycles. The molecule has 7 heteroatoms. The number of fused-ring (bicyclic) bond motifs is 2. The van der Waals surface area contributed by atoms with Gasteiger partial charge in [-0.3, -0.25) is 4.79 Å². The average molecular weight is 461 g/mol. The van der Waals surface area contributed by atoms with Crippen LogP contribution < -0.4 is 0 Å². The summed E-state index contributed by atoms with van der Waals surface area (Å²) in [6.45, 7) is 11.1. The van der Waals surface area contributed by atoms with Crippen LogP contribution in [0.15, 0.2) is 23.5 Å². The van der Waals surface area contributed by atoms with Gasteiger partial charge in [-0.2, -0.15) is 0 Å². The van der Waals surface area contributed by atoms with E-state index in [-0.39, 0.29) is 41.8 Å². The summed E-state index contributed by atoms with van der Waals surface area (Å²) < 4.78 is 24.6. The summed E-state index contributed by atoms with van der Waals surface area (Å²) in [6, 6.07) is 0. The number of carbonyl (C=O) groups is 1.